The van der Waals surface area contributed by atoms with Gasteiger partial charge in [-0.2, -0.15) is 0 Å². The minimum absolute atomic E-state index is 0.173. The summed E-state index contributed by atoms with van der Waals surface area (Å²) in [5.41, 5.74) is 13.2. The molecule has 1 aliphatic rings. The van der Waals surface area contributed by atoms with Gasteiger partial charge in [-0.25, -0.2) is 4.98 Å². The van der Waals surface area contributed by atoms with E-state index >= 15 is 0 Å². The smallest absolute Gasteiger partial charge is 0.138 e. The molecular weight excluding hydrogens is 396 g/mol. The normalized spacial score (nSPS) is 16.1. The van der Waals surface area contributed by atoms with Crippen molar-refractivity contribution in [3.8, 4) is 11.1 Å². The van der Waals surface area contributed by atoms with E-state index in [1.807, 2.05) is 0 Å². The molecule has 0 amide bonds. The quantitative estimate of drug-likeness (QED) is 0.440. The number of aromatic amines is 1. The number of nitrogens with zero attached hydrogens (tertiary/aromatic N) is 2. The largest absolute Gasteiger partial charge is 0.379 e. The highest BCUT2D eigenvalue weighted by atomic mass is 16.5. The number of morpholine rings is 1. The predicted octanol–water partition coefficient (Wildman–Crippen LogP) is 4.89. The Morgan fingerprint density at radius 2 is 1.78 bits per heavy atom. The second kappa shape index (κ2) is 9.41. The molecule has 2 aromatic carbocycles. The maximum atomic E-state index is 6.22. The first kappa shape index (κ1) is 21.1. The Morgan fingerprint density at radius 1 is 1.00 bits per heavy atom. The Kier molecular flexibility index (Phi) is 6.21. The first-order valence-corrected chi connectivity index (χ1v) is 11.8. The molecule has 0 saturated carbocycles. The Balaban J connectivity index is 1.38. The molecule has 1 unspecified atom stereocenters. The van der Waals surface area contributed by atoms with Gasteiger partial charge in [-0.1, -0.05) is 43.7 Å². The van der Waals surface area contributed by atoms with E-state index in [2.05, 4.69) is 71.4 Å². The minimum Gasteiger partial charge on any atom is -0.379 e. The molecule has 3 N–H and O–H groups in total. The zero-order chi connectivity index (χ0) is 21.9. The number of H-pyrrole nitrogens is 1. The van der Waals surface area contributed by atoms with Gasteiger partial charge in [-0.3, -0.25) is 4.90 Å². The average molecular weight is 429 g/mol. The number of rotatable bonds is 7. The summed E-state index contributed by atoms with van der Waals surface area (Å²) in [6.45, 7) is 6.86. The summed E-state index contributed by atoms with van der Waals surface area (Å²) >= 11 is 0. The maximum absolute atomic E-state index is 6.22. The number of pyridine rings is 1. The standard InChI is InChI=1S/C27H32N4O/c1-2-3-22(28)17-23-9-10-24-25-16-21(8-11-26(25)30-27(24)29-23)20-6-4-19(5-7-20)18-31-12-14-32-15-13-31/h4-11,16,22H,2-3,12-15,17-18,28H2,1H3,(H,29,30). The van der Waals surface area contributed by atoms with Gasteiger partial charge in [0.05, 0.1) is 13.2 Å². The van der Waals surface area contributed by atoms with E-state index < -0.39 is 0 Å². The summed E-state index contributed by atoms with van der Waals surface area (Å²) < 4.78 is 5.45. The molecule has 32 heavy (non-hydrogen) atoms. The molecule has 166 valence electrons. The number of nitrogens with two attached hydrogens (primary N) is 1. The predicted molar refractivity (Wildman–Crippen MR) is 132 cm³/mol. The molecule has 1 aliphatic heterocycles. The third-order valence-electron chi connectivity index (χ3n) is 6.44. The summed E-state index contributed by atoms with van der Waals surface area (Å²) in [5, 5.41) is 2.38. The van der Waals surface area contributed by atoms with Crippen molar-refractivity contribution < 1.29 is 4.74 Å². The summed E-state index contributed by atoms with van der Waals surface area (Å²) in [4.78, 5) is 10.8. The van der Waals surface area contributed by atoms with Crippen LogP contribution in [0.3, 0.4) is 0 Å². The maximum Gasteiger partial charge on any atom is 0.138 e. The van der Waals surface area contributed by atoms with Crippen LogP contribution in [0.25, 0.3) is 33.1 Å². The summed E-state index contributed by atoms with van der Waals surface area (Å²) in [7, 11) is 0. The number of ether oxygens (including phenoxy) is 1. The molecule has 5 rings (SSSR count). The zero-order valence-electron chi connectivity index (χ0n) is 18.8. The molecule has 2 aromatic heterocycles. The lowest BCUT2D eigenvalue weighted by molar-refractivity contribution is 0.0342. The van der Waals surface area contributed by atoms with E-state index in [0.29, 0.717) is 0 Å². The van der Waals surface area contributed by atoms with Gasteiger partial charge >= 0.3 is 0 Å². The van der Waals surface area contributed by atoms with Gasteiger partial charge in [0.1, 0.15) is 5.65 Å². The van der Waals surface area contributed by atoms with Gasteiger partial charge in [0, 0.05) is 54.1 Å². The molecule has 4 aromatic rings. The molecule has 1 saturated heterocycles. The van der Waals surface area contributed by atoms with Crippen molar-refractivity contribution in [3.05, 3.63) is 65.9 Å². The van der Waals surface area contributed by atoms with Crippen molar-refractivity contribution in [1.82, 2.24) is 14.9 Å². The van der Waals surface area contributed by atoms with Crippen LogP contribution in [0.5, 0.6) is 0 Å². The Hall–Kier alpha value is -2.73. The fourth-order valence-electron chi connectivity index (χ4n) is 4.67. The number of fused-ring (bicyclic) bond motifs is 3. The van der Waals surface area contributed by atoms with Crippen molar-refractivity contribution in [1.29, 1.82) is 0 Å². The SMILES string of the molecule is CCCC(N)Cc1ccc2c(n1)[nH]c1ccc(-c3ccc(CN4CCOCC4)cc3)cc12. The molecule has 0 aliphatic carbocycles. The highest BCUT2D eigenvalue weighted by Crippen LogP contribution is 2.30. The van der Waals surface area contributed by atoms with Crippen LogP contribution < -0.4 is 5.73 Å². The topological polar surface area (TPSA) is 67.2 Å². The third-order valence-corrected chi connectivity index (χ3v) is 6.44. The van der Waals surface area contributed by atoms with Gasteiger partial charge < -0.3 is 15.5 Å². The zero-order valence-corrected chi connectivity index (χ0v) is 18.8. The highest BCUT2D eigenvalue weighted by molar-refractivity contribution is 6.07. The lowest BCUT2D eigenvalue weighted by atomic mass is 10.0. The van der Waals surface area contributed by atoms with Crippen LogP contribution in [-0.2, 0) is 17.7 Å². The second-order valence-electron chi connectivity index (χ2n) is 8.92. The van der Waals surface area contributed by atoms with Crippen LogP contribution >= 0.6 is 0 Å². The van der Waals surface area contributed by atoms with Gasteiger partial charge in [-0.05, 0) is 47.4 Å². The van der Waals surface area contributed by atoms with E-state index in [4.69, 9.17) is 15.5 Å². The summed E-state index contributed by atoms with van der Waals surface area (Å²) in [5.74, 6) is 0. The van der Waals surface area contributed by atoms with E-state index in [-0.39, 0.29) is 6.04 Å². The third kappa shape index (κ3) is 4.56. The minimum atomic E-state index is 0.173. The Morgan fingerprint density at radius 3 is 2.56 bits per heavy atom. The molecule has 1 fully saturated rings. The van der Waals surface area contributed by atoms with E-state index in [9.17, 15) is 0 Å². The molecule has 3 heterocycles. The second-order valence-corrected chi connectivity index (χ2v) is 8.92. The molecule has 5 nitrogen and oxygen atoms in total. The van der Waals surface area contributed by atoms with E-state index in [1.54, 1.807) is 0 Å². The van der Waals surface area contributed by atoms with Crippen LogP contribution in [0.15, 0.2) is 54.6 Å². The monoisotopic (exact) mass is 428 g/mol. The summed E-state index contributed by atoms with van der Waals surface area (Å²) in [6.07, 6.45) is 2.95. The van der Waals surface area contributed by atoms with Crippen molar-refractivity contribution in [2.45, 2.75) is 38.8 Å². The van der Waals surface area contributed by atoms with Crippen molar-refractivity contribution in [3.63, 3.8) is 0 Å². The Bertz CT molecular complexity index is 1190. The Labute approximate surface area is 189 Å². The number of aromatic nitrogens is 2. The molecular formula is C27H32N4O. The molecule has 0 spiro atoms. The van der Waals surface area contributed by atoms with Crippen LogP contribution in [0.2, 0.25) is 0 Å². The lowest BCUT2D eigenvalue weighted by Crippen LogP contribution is -2.35. The molecule has 0 bridgehead atoms. The average Bonchev–Trinajstić information content (AvgIpc) is 3.17. The first-order chi connectivity index (χ1) is 15.7. The summed E-state index contributed by atoms with van der Waals surface area (Å²) in [6, 6.07) is 20.1. The van der Waals surface area contributed by atoms with Crippen LogP contribution in [0.4, 0.5) is 0 Å². The number of benzene rings is 2. The van der Waals surface area contributed by atoms with Gasteiger partial charge in [0.15, 0.2) is 0 Å². The van der Waals surface area contributed by atoms with Crippen LogP contribution in [0.1, 0.15) is 31.0 Å². The van der Waals surface area contributed by atoms with E-state index in [1.165, 1.54) is 27.5 Å². The fraction of sp³-hybridized carbons (Fsp3) is 0.370. The van der Waals surface area contributed by atoms with Crippen molar-refractivity contribution in [2.24, 2.45) is 5.73 Å². The lowest BCUT2D eigenvalue weighted by Gasteiger charge is -2.26. The number of nitrogens with one attached hydrogen (secondary N) is 1. The van der Waals surface area contributed by atoms with Crippen LogP contribution in [0, 0.1) is 0 Å². The van der Waals surface area contributed by atoms with Gasteiger partial charge in [-0.15, -0.1) is 0 Å². The number of hydrogen-bond acceptors (Lipinski definition) is 4. The van der Waals surface area contributed by atoms with Crippen molar-refractivity contribution >= 4 is 21.9 Å². The molecule has 1 atom stereocenters. The fourth-order valence-corrected chi connectivity index (χ4v) is 4.67. The van der Waals surface area contributed by atoms with E-state index in [0.717, 1.165) is 69.0 Å². The first-order valence-electron chi connectivity index (χ1n) is 11.8. The highest BCUT2D eigenvalue weighted by Gasteiger charge is 2.12. The van der Waals surface area contributed by atoms with Gasteiger partial charge in [0.25, 0.3) is 0 Å². The number of hydrogen-bond donors (Lipinski definition) is 2. The molecule has 0 radical (unpaired) electrons. The molecule has 5 heteroatoms. The van der Waals surface area contributed by atoms with Crippen molar-refractivity contribution in [2.75, 3.05) is 26.3 Å². The van der Waals surface area contributed by atoms with Crippen LogP contribution in [-0.4, -0.2) is 47.2 Å². The van der Waals surface area contributed by atoms with Gasteiger partial charge in [0.2, 0.25) is 0 Å².